The summed E-state index contributed by atoms with van der Waals surface area (Å²) in [5, 5.41) is 3.08. The summed E-state index contributed by atoms with van der Waals surface area (Å²) in [5.74, 6) is 1.68. The monoisotopic (exact) mass is 325 g/mol. The van der Waals surface area contributed by atoms with Gasteiger partial charge in [0.05, 0.1) is 37.7 Å². The van der Waals surface area contributed by atoms with Crippen LogP contribution in [0.3, 0.4) is 0 Å². The Kier molecular flexibility index (Phi) is 5.58. The van der Waals surface area contributed by atoms with Crippen LogP contribution in [0.5, 0.6) is 0 Å². The molecule has 2 aliphatic rings. The van der Waals surface area contributed by atoms with Gasteiger partial charge in [-0.15, -0.1) is 0 Å². The summed E-state index contributed by atoms with van der Waals surface area (Å²) in [5.41, 5.74) is 0. The Morgan fingerprint density at radius 3 is 2.77 bits per heavy atom. The normalized spacial score (nSPS) is 21.0. The molecule has 0 spiro atoms. The van der Waals surface area contributed by atoms with Crippen molar-refractivity contribution in [3.05, 3.63) is 6.20 Å². The van der Waals surface area contributed by atoms with Crippen molar-refractivity contribution in [3.63, 3.8) is 0 Å². The molecule has 0 aromatic carbocycles. The summed E-state index contributed by atoms with van der Waals surface area (Å²) in [6, 6.07) is 0. The molecule has 22 heavy (non-hydrogen) atoms. The number of carbonyl (C=O) groups is 1. The van der Waals surface area contributed by atoms with E-state index in [2.05, 4.69) is 23.9 Å². The largest absolute Gasteiger partial charge is 0.379 e. The third kappa shape index (κ3) is 4.37. The molecule has 122 valence electrons. The van der Waals surface area contributed by atoms with E-state index in [4.69, 9.17) is 4.74 Å². The van der Waals surface area contributed by atoms with Crippen molar-refractivity contribution in [3.8, 4) is 0 Å². The van der Waals surface area contributed by atoms with Gasteiger partial charge in [-0.25, -0.2) is 0 Å². The highest BCUT2D eigenvalue weighted by molar-refractivity contribution is 6.99. The molecular formula is C14H23N5O2S. The fourth-order valence-electron chi connectivity index (χ4n) is 2.94. The summed E-state index contributed by atoms with van der Waals surface area (Å²) in [6.07, 6.45) is 4.01. The van der Waals surface area contributed by atoms with Gasteiger partial charge in [-0.1, -0.05) is 0 Å². The minimum atomic E-state index is 0.132. The molecule has 0 unspecified atom stereocenters. The van der Waals surface area contributed by atoms with Crippen LogP contribution in [0.2, 0.25) is 0 Å². The highest BCUT2D eigenvalue weighted by atomic mass is 32.1. The number of nitrogens with zero attached hydrogens (tertiary/aromatic N) is 4. The quantitative estimate of drug-likeness (QED) is 0.834. The molecule has 0 saturated carbocycles. The SMILES string of the molecule is O=C(CN1CCOCC1)NCC1CCN(c2cnsn2)CC1. The van der Waals surface area contributed by atoms with Crippen molar-refractivity contribution in [1.82, 2.24) is 19.0 Å². The molecule has 7 nitrogen and oxygen atoms in total. The van der Waals surface area contributed by atoms with Crippen LogP contribution in [0.4, 0.5) is 5.82 Å². The van der Waals surface area contributed by atoms with Gasteiger partial charge in [0.1, 0.15) is 0 Å². The number of hydrogen-bond donors (Lipinski definition) is 1. The molecule has 0 aliphatic carbocycles. The number of nitrogens with one attached hydrogen (secondary N) is 1. The van der Waals surface area contributed by atoms with Gasteiger partial charge in [-0.05, 0) is 18.8 Å². The Bertz CT molecular complexity index is 456. The van der Waals surface area contributed by atoms with Crippen LogP contribution in [0.15, 0.2) is 6.20 Å². The van der Waals surface area contributed by atoms with Crippen LogP contribution in [0.1, 0.15) is 12.8 Å². The molecule has 0 atom stereocenters. The number of ether oxygens (including phenoxy) is 1. The predicted octanol–water partition coefficient (Wildman–Crippen LogP) is 0.203. The summed E-state index contributed by atoms with van der Waals surface area (Å²) < 4.78 is 13.6. The maximum absolute atomic E-state index is 12.0. The van der Waals surface area contributed by atoms with Crippen molar-refractivity contribution in [2.75, 3.05) is 57.4 Å². The number of amides is 1. The molecule has 2 fully saturated rings. The van der Waals surface area contributed by atoms with Gasteiger partial charge >= 0.3 is 0 Å². The average Bonchev–Trinajstić information content (AvgIpc) is 3.09. The zero-order chi connectivity index (χ0) is 15.2. The van der Waals surface area contributed by atoms with Gasteiger partial charge in [-0.2, -0.15) is 8.75 Å². The first-order valence-corrected chi connectivity index (χ1v) is 8.63. The Morgan fingerprint density at radius 1 is 1.32 bits per heavy atom. The van der Waals surface area contributed by atoms with E-state index in [9.17, 15) is 4.79 Å². The number of aromatic nitrogens is 2. The molecule has 1 aromatic rings. The molecule has 2 aliphatic heterocycles. The zero-order valence-corrected chi connectivity index (χ0v) is 13.6. The van der Waals surface area contributed by atoms with Gasteiger partial charge in [0.2, 0.25) is 5.91 Å². The average molecular weight is 325 g/mol. The highest BCUT2D eigenvalue weighted by Crippen LogP contribution is 2.21. The third-order valence-corrected chi connectivity index (χ3v) is 4.82. The van der Waals surface area contributed by atoms with Crippen molar-refractivity contribution >= 4 is 23.5 Å². The molecule has 8 heteroatoms. The molecule has 1 amide bonds. The fourth-order valence-corrected chi connectivity index (χ4v) is 3.38. The van der Waals surface area contributed by atoms with Gasteiger partial charge in [0.25, 0.3) is 0 Å². The van der Waals surface area contributed by atoms with Crippen molar-refractivity contribution in [2.24, 2.45) is 5.92 Å². The van der Waals surface area contributed by atoms with Crippen molar-refractivity contribution in [1.29, 1.82) is 0 Å². The van der Waals surface area contributed by atoms with E-state index in [1.807, 2.05) is 6.20 Å². The van der Waals surface area contributed by atoms with Crippen LogP contribution in [0, 0.1) is 5.92 Å². The minimum Gasteiger partial charge on any atom is -0.379 e. The summed E-state index contributed by atoms with van der Waals surface area (Å²) in [4.78, 5) is 16.4. The molecule has 1 N–H and O–H groups in total. The van der Waals surface area contributed by atoms with Crippen LogP contribution < -0.4 is 10.2 Å². The number of carbonyl (C=O) groups excluding carboxylic acids is 1. The number of morpholine rings is 1. The summed E-state index contributed by atoms with van der Waals surface area (Å²) in [6.45, 7) is 6.44. The maximum Gasteiger partial charge on any atom is 0.234 e. The lowest BCUT2D eigenvalue weighted by Crippen LogP contribution is -2.45. The molecular weight excluding hydrogens is 302 g/mol. The second-order valence-electron chi connectivity index (χ2n) is 5.89. The van der Waals surface area contributed by atoms with E-state index in [0.29, 0.717) is 12.5 Å². The molecule has 2 saturated heterocycles. The van der Waals surface area contributed by atoms with E-state index < -0.39 is 0 Å². The standard InChI is InChI=1S/C14H23N5O2S/c20-14(11-18-5-7-21-8-6-18)15-9-12-1-3-19(4-2-12)13-10-16-22-17-13/h10,12H,1-9,11H2,(H,15,20). The van der Waals surface area contributed by atoms with Crippen molar-refractivity contribution < 1.29 is 9.53 Å². The van der Waals surface area contributed by atoms with Crippen LogP contribution in [-0.2, 0) is 9.53 Å². The Labute approximate surface area is 135 Å². The second kappa shape index (κ2) is 7.85. The Balaban J connectivity index is 1.33. The highest BCUT2D eigenvalue weighted by Gasteiger charge is 2.21. The van der Waals surface area contributed by atoms with Gasteiger partial charge in [-0.3, -0.25) is 9.69 Å². The lowest BCUT2D eigenvalue weighted by atomic mass is 9.97. The van der Waals surface area contributed by atoms with E-state index >= 15 is 0 Å². The van der Waals surface area contributed by atoms with E-state index in [1.54, 1.807) is 0 Å². The molecule has 0 bridgehead atoms. The maximum atomic E-state index is 12.0. The second-order valence-corrected chi connectivity index (χ2v) is 6.45. The number of piperidine rings is 1. The summed E-state index contributed by atoms with van der Waals surface area (Å²) >= 11 is 1.25. The van der Waals surface area contributed by atoms with Gasteiger partial charge in [0, 0.05) is 32.7 Å². The number of rotatable bonds is 5. The minimum absolute atomic E-state index is 0.132. The van der Waals surface area contributed by atoms with Gasteiger partial charge < -0.3 is 15.0 Å². The number of hydrogen-bond acceptors (Lipinski definition) is 7. The smallest absolute Gasteiger partial charge is 0.234 e. The van der Waals surface area contributed by atoms with E-state index in [0.717, 1.165) is 64.6 Å². The summed E-state index contributed by atoms with van der Waals surface area (Å²) in [7, 11) is 0. The molecule has 3 heterocycles. The third-order valence-electron chi connectivity index (χ3n) is 4.35. The first-order chi connectivity index (χ1) is 10.8. The Hall–Kier alpha value is -1.25. The number of anilines is 1. The topological polar surface area (TPSA) is 70.6 Å². The molecule has 1 aromatic heterocycles. The Morgan fingerprint density at radius 2 is 2.09 bits per heavy atom. The predicted molar refractivity (Wildman–Crippen MR) is 85.1 cm³/mol. The van der Waals surface area contributed by atoms with Crippen molar-refractivity contribution in [2.45, 2.75) is 12.8 Å². The lowest BCUT2D eigenvalue weighted by molar-refractivity contribution is -0.123. The van der Waals surface area contributed by atoms with Gasteiger partial charge in [0.15, 0.2) is 5.82 Å². The first-order valence-electron chi connectivity index (χ1n) is 7.90. The van der Waals surface area contributed by atoms with Crippen LogP contribution >= 0.6 is 11.7 Å². The van der Waals surface area contributed by atoms with E-state index in [1.165, 1.54) is 11.7 Å². The van der Waals surface area contributed by atoms with Crippen LogP contribution in [-0.4, -0.2) is 72.0 Å². The lowest BCUT2D eigenvalue weighted by Gasteiger charge is -2.32. The first kappa shape index (κ1) is 15.6. The zero-order valence-electron chi connectivity index (χ0n) is 12.7. The fraction of sp³-hybridized carbons (Fsp3) is 0.786. The van der Waals surface area contributed by atoms with Crippen LogP contribution in [0.25, 0.3) is 0 Å². The van der Waals surface area contributed by atoms with E-state index in [-0.39, 0.29) is 5.91 Å². The molecule has 3 rings (SSSR count). The molecule has 0 radical (unpaired) electrons.